The minimum absolute atomic E-state index is 0.0657. The molecule has 1 atom stereocenters. The summed E-state index contributed by atoms with van der Waals surface area (Å²) < 4.78 is 22.4. The van der Waals surface area contributed by atoms with Gasteiger partial charge in [-0.3, -0.25) is 4.79 Å². The maximum Gasteiger partial charge on any atom is 0.408 e. The average molecular weight is 583 g/mol. The molecule has 0 aliphatic rings. The van der Waals surface area contributed by atoms with Crippen LogP contribution in [0.5, 0.6) is 11.5 Å². The van der Waals surface area contributed by atoms with E-state index in [-0.39, 0.29) is 13.2 Å². The fraction of sp³-hybridized carbons (Fsp3) is 0.375. The van der Waals surface area contributed by atoms with Crippen molar-refractivity contribution in [2.24, 2.45) is 5.10 Å². The summed E-state index contributed by atoms with van der Waals surface area (Å²) in [7, 11) is 3.10. The van der Waals surface area contributed by atoms with Gasteiger partial charge in [0.2, 0.25) is 0 Å². The van der Waals surface area contributed by atoms with Gasteiger partial charge in [-0.1, -0.05) is 30.3 Å². The number of carbonyl (C=O) groups excluding carboxylic acids is 2. The standard InChI is InChI=1S/C24H30IN3O6/c1-24(2,3)34-23(30)27-19(15-33-14-16-9-7-6-8-10-16)22(29)28-26-13-17-11-18(25)21(32-5)20(12-17)31-4/h6-13,19H,14-15H2,1-5H3,(H,27,30)(H,28,29)/b26-13-/t19-/m0/s1. The summed E-state index contributed by atoms with van der Waals surface area (Å²) >= 11 is 2.12. The van der Waals surface area contributed by atoms with Crippen LogP contribution in [0.2, 0.25) is 0 Å². The van der Waals surface area contributed by atoms with Crippen molar-refractivity contribution < 1.29 is 28.5 Å². The van der Waals surface area contributed by atoms with E-state index in [1.165, 1.54) is 6.21 Å². The number of carbonyl (C=O) groups is 2. The van der Waals surface area contributed by atoms with Crippen LogP contribution in [0.15, 0.2) is 47.6 Å². The number of methoxy groups -OCH3 is 2. The van der Waals surface area contributed by atoms with Gasteiger partial charge >= 0.3 is 6.09 Å². The number of alkyl carbamates (subject to hydrolysis) is 1. The second-order valence-corrected chi connectivity index (χ2v) is 9.33. The molecule has 2 rings (SSSR count). The van der Waals surface area contributed by atoms with Gasteiger partial charge in [0.05, 0.1) is 37.2 Å². The summed E-state index contributed by atoms with van der Waals surface area (Å²) in [5.41, 5.74) is 3.37. The molecule has 9 nitrogen and oxygen atoms in total. The van der Waals surface area contributed by atoms with Gasteiger partial charge in [0, 0.05) is 0 Å². The lowest BCUT2D eigenvalue weighted by Crippen LogP contribution is -2.49. The van der Waals surface area contributed by atoms with Crippen molar-refractivity contribution in [2.45, 2.75) is 39.0 Å². The minimum atomic E-state index is -1.01. The topological polar surface area (TPSA) is 107 Å². The molecule has 0 radical (unpaired) electrons. The van der Waals surface area contributed by atoms with Crippen LogP contribution < -0.4 is 20.2 Å². The number of ether oxygens (including phenoxy) is 4. The lowest BCUT2D eigenvalue weighted by molar-refractivity contribution is -0.124. The van der Waals surface area contributed by atoms with Gasteiger partial charge in [-0.25, -0.2) is 10.2 Å². The van der Waals surface area contributed by atoms with E-state index < -0.39 is 23.6 Å². The van der Waals surface area contributed by atoms with Crippen LogP contribution >= 0.6 is 22.6 Å². The molecule has 0 spiro atoms. The van der Waals surface area contributed by atoms with Crippen LogP contribution in [-0.4, -0.2) is 50.7 Å². The zero-order valence-electron chi connectivity index (χ0n) is 19.9. The zero-order chi connectivity index (χ0) is 25.1. The first-order valence-corrected chi connectivity index (χ1v) is 11.6. The predicted molar refractivity (Wildman–Crippen MR) is 137 cm³/mol. The SMILES string of the molecule is COc1cc(/C=N\NC(=O)[C@H](COCc2ccccc2)NC(=O)OC(C)(C)C)cc(I)c1OC. The first-order valence-electron chi connectivity index (χ1n) is 10.5. The molecule has 0 fully saturated rings. The second-order valence-electron chi connectivity index (χ2n) is 8.17. The zero-order valence-corrected chi connectivity index (χ0v) is 22.0. The lowest BCUT2D eigenvalue weighted by atomic mass is 10.2. The Morgan fingerprint density at radius 3 is 2.44 bits per heavy atom. The number of amides is 2. The van der Waals surface area contributed by atoms with Gasteiger partial charge in [-0.05, 0) is 66.6 Å². The van der Waals surface area contributed by atoms with Crippen molar-refractivity contribution in [3.8, 4) is 11.5 Å². The van der Waals surface area contributed by atoms with E-state index in [9.17, 15) is 9.59 Å². The molecule has 2 aromatic rings. The Labute approximate surface area is 213 Å². The molecule has 0 unspecified atom stereocenters. The Morgan fingerprint density at radius 2 is 1.82 bits per heavy atom. The summed E-state index contributed by atoms with van der Waals surface area (Å²) in [6.07, 6.45) is 0.742. The molecule has 0 saturated heterocycles. The number of hydrogen-bond donors (Lipinski definition) is 2. The van der Waals surface area contributed by atoms with Crippen LogP contribution in [0.1, 0.15) is 31.9 Å². The molecular formula is C24H30IN3O6. The summed E-state index contributed by atoms with van der Waals surface area (Å²) in [4.78, 5) is 25.0. The quantitative estimate of drug-likeness (QED) is 0.250. The number of nitrogens with one attached hydrogen (secondary N) is 2. The van der Waals surface area contributed by atoms with Crippen LogP contribution in [0.4, 0.5) is 4.79 Å². The number of hydrogen-bond acceptors (Lipinski definition) is 7. The van der Waals surface area contributed by atoms with E-state index in [0.717, 1.165) is 9.13 Å². The number of benzene rings is 2. The Kier molecular flexibility index (Phi) is 10.6. The molecule has 0 heterocycles. The molecule has 0 bridgehead atoms. The largest absolute Gasteiger partial charge is 0.493 e. The van der Waals surface area contributed by atoms with Gasteiger partial charge < -0.3 is 24.3 Å². The number of halogens is 1. The smallest absolute Gasteiger partial charge is 0.408 e. The van der Waals surface area contributed by atoms with E-state index in [4.69, 9.17) is 18.9 Å². The van der Waals surface area contributed by atoms with Gasteiger partial charge in [0.15, 0.2) is 11.5 Å². The van der Waals surface area contributed by atoms with Gasteiger partial charge in [-0.15, -0.1) is 0 Å². The van der Waals surface area contributed by atoms with Gasteiger partial charge in [0.25, 0.3) is 5.91 Å². The molecule has 0 aliphatic heterocycles. The highest BCUT2D eigenvalue weighted by Gasteiger charge is 2.24. The van der Waals surface area contributed by atoms with Crippen LogP contribution in [0, 0.1) is 3.57 Å². The number of rotatable bonds is 10. The second kappa shape index (κ2) is 13.1. The highest BCUT2D eigenvalue weighted by atomic mass is 127. The van der Waals surface area contributed by atoms with Crippen molar-refractivity contribution in [1.29, 1.82) is 0 Å². The summed E-state index contributed by atoms with van der Waals surface area (Å²) in [5, 5.41) is 6.55. The molecule has 2 N–H and O–H groups in total. The molecule has 10 heteroatoms. The molecular weight excluding hydrogens is 553 g/mol. The first kappa shape index (κ1) is 27.4. The monoisotopic (exact) mass is 583 g/mol. The first-order chi connectivity index (χ1) is 16.1. The third-order valence-corrected chi connectivity index (χ3v) is 5.05. The summed E-state index contributed by atoms with van der Waals surface area (Å²) in [6, 6.07) is 12.1. The van der Waals surface area contributed by atoms with Gasteiger partial charge in [0.1, 0.15) is 11.6 Å². The minimum Gasteiger partial charge on any atom is -0.493 e. The number of nitrogens with zero attached hydrogens (tertiary/aromatic N) is 1. The fourth-order valence-electron chi connectivity index (χ4n) is 2.76. The molecule has 184 valence electrons. The van der Waals surface area contributed by atoms with Crippen molar-refractivity contribution in [3.63, 3.8) is 0 Å². The molecule has 34 heavy (non-hydrogen) atoms. The Hall–Kier alpha value is -2.86. The van der Waals surface area contributed by atoms with Crippen LogP contribution in [0.25, 0.3) is 0 Å². The third kappa shape index (κ3) is 9.18. The fourth-order valence-corrected chi connectivity index (χ4v) is 3.61. The molecule has 0 saturated carbocycles. The summed E-state index contributed by atoms with van der Waals surface area (Å²) in [6.45, 7) is 5.44. The summed E-state index contributed by atoms with van der Waals surface area (Å²) in [5.74, 6) is 0.604. The highest BCUT2D eigenvalue weighted by molar-refractivity contribution is 14.1. The molecule has 2 amide bonds. The Balaban J connectivity index is 2.05. The van der Waals surface area contributed by atoms with E-state index in [1.807, 2.05) is 36.4 Å². The average Bonchev–Trinajstić information content (AvgIpc) is 2.77. The van der Waals surface area contributed by atoms with E-state index in [0.29, 0.717) is 17.1 Å². The Morgan fingerprint density at radius 1 is 1.12 bits per heavy atom. The Bertz CT molecular complexity index is 992. The molecule has 0 aromatic heterocycles. The van der Waals surface area contributed by atoms with E-state index >= 15 is 0 Å². The van der Waals surface area contributed by atoms with Crippen molar-refractivity contribution in [3.05, 3.63) is 57.2 Å². The highest BCUT2D eigenvalue weighted by Crippen LogP contribution is 2.33. The third-order valence-electron chi connectivity index (χ3n) is 4.25. The molecule has 2 aromatic carbocycles. The van der Waals surface area contributed by atoms with Crippen molar-refractivity contribution in [2.75, 3.05) is 20.8 Å². The van der Waals surface area contributed by atoms with Gasteiger partial charge in [-0.2, -0.15) is 5.10 Å². The van der Waals surface area contributed by atoms with Crippen molar-refractivity contribution >= 4 is 40.8 Å². The number of hydrazone groups is 1. The van der Waals surface area contributed by atoms with E-state index in [2.05, 4.69) is 38.4 Å². The normalized spacial score (nSPS) is 12.2. The molecule has 0 aliphatic carbocycles. The van der Waals surface area contributed by atoms with Crippen molar-refractivity contribution in [1.82, 2.24) is 10.7 Å². The predicted octanol–water partition coefficient (Wildman–Crippen LogP) is 3.87. The lowest BCUT2D eigenvalue weighted by Gasteiger charge is -2.22. The van der Waals surface area contributed by atoms with Crippen LogP contribution in [0.3, 0.4) is 0 Å². The maximum absolute atomic E-state index is 12.7. The van der Waals surface area contributed by atoms with E-state index in [1.54, 1.807) is 41.1 Å². The van der Waals surface area contributed by atoms with Crippen LogP contribution in [-0.2, 0) is 20.9 Å². The maximum atomic E-state index is 12.7.